The van der Waals surface area contributed by atoms with Gasteiger partial charge in [-0.2, -0.15) is 0 Å². The molecule has 1 amide bonds. The van der Waals surface area contributed by atoms with E-state index >= 15 is 0 Å². The summed E-state index contributed by atoms with van der Waals surface area (Å²) in [5.74, 6) is 1.76. The average Bonchev–Trinajstić information content (AvgIpc) is 3.31. The molecule has 2 aromatic carbocycles. The molecule has 25 heavy (non-hydrogen) atoms. The van der Waals surface area contributed by atoms with Gasteiger partial charge in [-0.3, -0.25) is 4.79 Å². The molecule has 126 valence electrons. The Balaban J connectivity index is 1.44. The molecule has 0 spiro atoms. The van der Waals surface area contributed by atoms with Crippen molar-refractivity contribution in [3.8, 4) is 17.2 Å². The molecule has 4 rings (SSSR count). The van der Waals surface area contributed by atoms with Gasteiger partial charge in [0.2, 0.25) is 6.79 Å². The number of thiophene rings is 1. The van der Waals surface area contributed by atoms with E-state index in [1.165, 1.54) is 0 Å². The number of carbonyl (C=O) groups is 1. The van der Waals surface area contributed by atoms with Gasteiger partial charge in [-0.05, 0) is 41.8 Å². The van der Waals surface area contributed by atoms with Crippen LogP contribution in [-0.4, -0.2) is 12.7 Å². The highest BCUT2D eigenvalue weighted by atomic mass is 32.1. The van der Waals surface area contributed by atoms with Gasteiger partial charge in [-0.15, -0.1) is 11.3 Å². The zero-order valence-corrected chi connectivity index (χ0v) is 14.0. The summed E-state index contributed by atoms with van der Waals surface area (Å²) < 4.78 is 16.3. The van der Waals surface area contributed by atoms with Gasteiger partial charge in [0, 0.05) is 22.2 Å². The molecule has 0 saturated carbocycles. The van der Waals surface area contributed by atoms with Gasteiger partial charge in [0.25, 0.3) is 5.91 Å². The number of hydrogen-bond donors (Lipinski definition) is 1. The highest BCUT2D eigenvalue weighted by molar-refractivity contribution is 7.09. The second-order valence-corrected chi connectivity index (χ2v) is 6.45. The molecule has 0 fully saturated rings. The molecule has 1 N–H and O–H groups in total. The van der Waals surface area contributed by atoms with Crippen molar-refractivity contribution in [2.24, 2.45) is 0 Å². The van der Waals surface area contributed by atoms with E-state index in [0.717, 1.165) is 4.88 Å². The molecular weight excluding hydrogens is 338 g/mol. The Labute approximate surface area is 148 Å². The summed E-state index contributed by atoms with van der Waals surface area (Å²) in [6.45, 7) is 0.696. The maximum absolute atomic E-state index is 12.5. The maximum Gasteiger partial charge on any atom is 0.255 e. The quantitative estimate of drug-likeness (QED) is 0.743. The van der Waals surface area contributed by atoms with Crippen LogP contribution >= 0.6 is 11.3 Å². The molecule has 0 radical (unpaired) electrons. The molecule has 2 heterocycles. The van der Waals surface area contributed by atoms with Crippen LogP contribution < -0.4 is 19.5 Å². The first-order chi connectivity index (χ1) is 12.3. The number of amides is 1. The highest BCUT2D eigenvalue weighted by Crippen LogP contribution is 2.34. The second-order valence-electron chi connectivity index (χ2n) is 5.42. The summed E-state index contributed by atoms with van der Waals surface area (Å²) in [6.07, 6.45) is 0. The summed E-state index contributed by atoms with van der Waals surface area (Å²) in [6, 6.07) is 16.4. The lowest BCUT2D eigenvalue weighted by Crippen LogP contribution is -2.11. The first-order valence-corrected chi connectivity index (χ1v) is 8.62. The Morgan fingerprint density at radius 3 is 2.88 bits per heavy atom. The Kier molecular flexibility index (Phi) is 4.26. The van der Waals surface area contributed by atoms with Crippen LogP contribution in [0.1, 0.15) is 15.2 Å². The van der Waals surface area contributed by atoms with Crippen LogP contribution in [0.4, 0.5) is 5.69 Å². The van der Waals surface area contributed by atoms with Gasteiger partial charge in [0.1, 0.15) is 12.4 Å². The topological polar surface area (TPSA) is 56.8 Å². The fraction of sp³-hybridized carbons (Fsp3) is 0.105. The van der Waals surface area contributed by atoms with Gasteiger partial charge < -0.3 is 19.5 Å². The normalized spacial score (nSPS) is 12.0. The summed E-state index contributed by atoms with van der Waals surface area (Å²) in [4.78, 5) is 13.6. The second kappa shape index (κ2) is 6.86. The molecule has 5 nitrogen and oxygen atoms in total. The minimum absolute atomic E-state index is 0.205. The number of hydrogen-bond acceptors (Lipinski definition) is 5. The van der Waals surface area contributed by atoms with Gasteiger partial charge in [-0.25, -0.2) is 0 Å². The van der Waals surface area contributed by atoms with Crippen molar-refractivity contribution >= 4 is 22.9 Å². The fourth-order valence-corrected chi connectivity index (χ4v) is 3.07. The molecule has 1 aliphatic heterocycles. The van der Waals surface area contributed by atoms with Crippen LogP contribution in [0.3, 0.4) is 0 Å². The van der Waals surface area contributed by atoms with E-state index < -0.39 is 0 Å². The number of carbonyl (C=O) groups excluding carboxylic acids is 1. The molecule has 6 heteroatoms. The minimum atomic E-state index is -0.208. The third kappa shape index (κ3) is 3.59. The smallest absolute Gasteiger partial charge is 0.255 e. The van der Waals surface area contributed by atoms with E-state index in [0.29, 0.717) is 35.1 Å². The third-order valence-corrected chi connectivity index (χ3v) is 4.54. The van der Waals surface area contributed by atoms with Crippen LogP contribution in [0, 0.1) is 0 Å². The predicted octanol–water partition coefficient (Wildman–Crippen LogP) is 4.31. The number of rotatable bonds is 5. The Bertz CT molecular complexity index is 892. The first kappa shape index (κ1) is 15.5. The third-order valence-electron chi connectivity index (χ3n) is 3.69. The number of anilines is 1. The molecule has 0 atom stereocenters. The Morgan fingerprint density at radius 1 is 1.08 bits per heavy atom. The maximum atomic E-state index is 12.5. The Morgan fingerprint density at radius 2 is 2.00 bits per heavy atom. The Hall–Kier alpha value is -2.99. The minimum Gasteiger partial charge on any atom is -0.488 e. The molecule has 0 aliphatic carbocycles. The van der Waals surface area contributed by atoms with Crippen molar-refractivity contribution in [2.75, 3.05) is 12.1 Å². The van der Waals surface area contributed by atoms with Crippen LogP contribution in [0.15, 0.2) is 60.0 Å². The van der Waals surface area contributed by atoms with Crippen molar-refractivity contribution in [1.82, 2.24) is 0 Å². The largest absolute Gasteiger partial charge is 0.488 e. The molecule has 1 aliphatic rings. The number of fused-ring (bicyclic) bond motifs is 1. The summed E-state index contributed by atoms with van der Waals surface area (Å²) in [7, 11) is 0. The monoisotopic (exact) mass is 353 g/mol. The van der Waals surface area contributed by atoms with Crippen LogP contribution in [-0.2, 0) is 6.61 Å². The zero-order chi connectivity index (χ0) is 17.1. The lowest BCUT2D eigenvalue weighted by Gasteiger charge is -2.09. The van der Waals surface area contributed by atoms with Crippen molar-refractivity contribution in [1.29, 1.82) is 0 Å². The summed E-state index contributed by atoms with van der Waals surface area (Å²) >= 11 is 1.64. The van der Waals surface area contributed by atoms with Crippen molar-refractivity contribution in [3.63, 3.8) is 0 Å². The lowest BCUT2D eigenvalue weighted by molar-refractivity contribution is 0.102. The van der Waals surface area contributed by atoms with E-state index in [-0.39, 0.29) is 12.7 Å². The van der Waals surface area contributed by atoms with E-state index in [2.05, 4.69) is 5.32 Å². The van der Waals surface area contributed by atoms with E-state index in [1.807, 2.05) is 23.6 Å². The zero-order valence-electron chi connectivity index (χ0n) is 13.2. The van der Waals surface area contributed by atoms with E-state index in [1.54, 1.807) is 47.7 Å². The number of nitrogens with one attached hydrogen (secondary N) is 1. The van der Waals surface area contributed by atoms with Gasteiger partial charge in [0.05, 0.1) is 0 Å². The summed E-state index contributed by atoms with van der Waals surface area (Å²) in [5.41, 5.74) is 1.18. The number of ether oxygens (including phenoxy) is 3. The van der Waals surface area contributed by atoms with Crippen LogP contribution in [0.5, 0.6) is 17.2 Å². The molecule has 1 aromatic heterocycles. The fourth-order valence-electron chi connectivity index (χ4n) is 2.45. The molecule has 0 saturated heterocycles. The average molecular weight is 353 g/mol. The summed E-state index contributed by atoms with van der Waals surface area (Å²) in [5, 5.41) is 4.86. The molecule has 0 bridgehead atoms. The molecular formula is C19H15NO4S. The highest BCUT2D eigenvalue weighted by Gasteiger charge is 2.15. The SMILES string of the molecule is O=C(Nc1ccc2c(c1)OCO2)c1cccc(OCc2cccs2)c1. The number of benzene rings is 2. The lowest BCUT2D eigenvalue weighted by atomic mass is 10.2. The van der Waals surface area contributed by atoms with E-state index in [9.17, 15) is 4.79 Å². The van der Waals surface area contributed by atoms with Gasteiger partial charge in [-0.1, -0.05) is 12.1 Å². The van der Waals surface area contributed by atoms with Gasteiger partial charge in [0.15, 0.2) is 11.5 Å². The molecule has 3 aromatic rings. The predicted molar refractivity (Wildman–Crippen MR) is 95.6 cm³/mol. The van der Waals surface area contributed by atoms with Crippen LogP contribution in [0.25, 0.3) is 0 Å². The van der Waals surface area contributed by atoms with Crippen molar-refractivity contribution in [2.45, 2.75) is 6.61 Å². The first-order valence-electron chi connectivity index (χ1n) is 7.74. The van der Waals surface area contributed by atoms with E-state index in [4.69, 9.17) is 14.2 Å². The van der Waals surface area contributed by atoms with Crippen LogP contribution in [0.2, 0.25) is 0 Å². The van der Waals surface area contributed by atoms with Crippen molar-refractivity contribution in [3.05, 3.63) is 70.4 Å². The van der Waals surface area contributed by atoms with Crippen molar-refractivity contribution < 1.29 is 19.0 Å². The molecule has 0 unspecified atom stereocenters. The van der Waals surface area contributed by atoms with Gasteiger partial charge >= 0.3 is 0 Å². The standard InChI is InChI=1S/C19H15NO4S/c21-19(20-14-6-7-17-18(10-14)24-12-23-17)13-3-1-4-15(9-13)22-11-16-5-2-8-25-16/h1-10H,11-12H2,(H,20,21).